The SMILES string of the molecule is CCC(C)N(CC)C(=O)C1CCCCCN1. The first-order valence-corrected chi connectivity index (χ1v) is 6.74. The van der Waals surface area contributed by atoms with E-state index in [0.717, 1.165) is 25.9 Å². The number of nitrogens with one attached hydrogen (secondary N) is 1. The summed E-state index contributed by atoms with van der Waals surface area (Å²) in [5.41, 5.74) is 0. The summed E-state index contributed by atoms with van der Waals surface area (Å²) in [6.45, 7) is 8.17. The molecule has 0 saturated carbocycles. The Morgan fingerprint density at radius 2 is 2.12 bits per heavy atom. The fraction of sp³-hybridized carbons (Fsp3) is 0.923. The van der Waals surface area contributed by atoms with Crippen molar-refractivity contribution in [1.29, 1.82) is 0 Å². The standard InChI is InChI=1S/C13H26N2O/c1-4-11(3)15(5-2)13(16)12-9-7-6-8-10-14-12/h11-12,14H,4-10H2,1-3H3. The molecule has 0 aromatic carbocycles. The van der Waals surface area contributed by atoms with E-state index in [4.69, 9.17) is 0 Å². The van der Waals surface area contributed by atoms with Crippen molar-refractivity contribution in [2.75, 3.05) is 13.1 Å². The monoisotopic (exact) mass is 226 g/mol. The van der Waals surface area contributed by atoms with Gasteiger partial charge in [-0.15, -0.1) is 0 Å². The maximum atomic E-state index is 12.3. The molecule has 0 bridgehead atoms. The molecular formula is C13H26N2O. The van der Waals surface area contributed by atoms with Gasteiger partial charge < -0.3 is 10.2 Å². The zero-order chi connectivity index (χ0) is 12.0. The zero-order valence-electron chi connectivity index (χ0n) is 11.0. The number of nitrogens with zero attached hydrogens (tertiary/aromatic N) is 1. The highest BCUT2D eigenvalue weighted by Crippen LogP contribution is 2.13. The first kappa shape index (κ1) is 13.5. The minimum absolute atomic E-state index is 0.0662. The van der Waals surface area contributed by atoms with Gasteiger partial charge in [-0.25, -0.2) is 0 Å². The van der Waals surface area contributed by atoms with Crippen molar-refractivity contribution >= 4 is 5.91 Å². The lowest BCUT2D eigenvalue weighted by molar-refractivity contribution is -0.135. The van der Waals surface area contributed by atoms with Crippen LogP contribution in [0, 0.1) is 0 Å². The van der Waals surface area contributed by atoms with Crippen molar-refractivity contribution in [3.63, 3.8) is 0 Å². The third kappa shape index (κ3) is 3.48. The molecule has 94 valence electrons. The molecule has 0 aromatic heterocycles. The van der Waals surface area contributed by atoms with Crippen LogP contribution in [0.1, 0.15) is 52.9 Å². The molecule has 3 nitrogen and oxygen atoms in total. The van der Waals surface area contributed by atoms with E-state index in [1.165, 1.54) is 19.3 Å². The highest BCUT2D eigenvalue weighted by molar-refractivity contribution is 5.82. The molecule has 0 spiro atoms. The van der Waals surface area contributed by atoms with Gasteiger partial charge in [0.15, 0.2) is 0 Å². The lowest BCUT2D eigenvalue weighted by atomic mass is 10.1. The lowest BCUT2D eigenvalue weighted by Crippen LogP contribution is -2.49. The number of carbonyl (C=O) groups excluding carboxylic acids is 1. The van der Waals surface area contributed by atoms with Crippen LogP contribution in [0.3, 0.4) is 0 Å². The summed E-state index contributed by atoms with van der Waals surface area (Å²) in [4.78, 5) is 14.4. The Labute approximate surface area is 99.6 Å². The van der Waals surface area contributed by atoms with Crippen LogP contribution in [0.4, 0.5) is 0 Å². The maximum absolute atomic E-state index is 12.3. The lowest BCUT2D eigenvalue weighted by Gasteiger charge is -2.31. The van der Waals surface area contributed by atoms with Gasteiger partial charge in [-0.3, -0.25) is 4.79 Å². The summed E-state index contributed by atoms with van der Waals surface area (Å²) < 4.78 is 0. The quantitative estimate of drug-likeness (QED) is 0.797. The van der Waals surface area contributed by atoms with E-state index in [9.17, 15) is 4.79 Å². The fourth-order valence-electron chi connectivity index (χ4n) is 2.34. The summed E-state index contributed by atoms with van der Waals surface area (Å²) >= 11 is 0. The number of likely N-dealkylation sites (N-methyl/N-ethyl adjacent to an activating group) is 1. The normalized spacial score (nSPS) is 23.6. The Hall–Kier alpha value is -0.570. The van der Waals surface area contributed by atoms with Gasteiger partial charge in [0.05, 0.1) is 6.04 Å². The molecule has 1 aliphatic rings. The average Bonchev–Trinajstić information content (AvgIpc) is 2.58. The summed E-state index contributed by atoms with van der Waals surface area (Å²) in [5.74, 6) is 0.304. The van der Waals surface area contributed by atoms with Gasteiger partial charge in [0.2, 0.25) is 5.91 Å². The van der Waals surface area contributed by atoms with Crippen LogP contribution < -0.4 is 5.32 Å². The van der Waals surface area contributed by atoms with E-state index in [-0.39, 0.29) is 6.04 Å². The van der Waals surface area contributed by atoms with Crippen LogP contribution in [0.15, 0.2) is 0 Å². The minimum atomic E-state index is 0.0662. The number of rotatable bonds is 4. The van der Waals surface area contributed by atoms with Gasteiger partial charge in [-0.2, -0.15) is 0 Å². The molecule has 0 radical (unpaired) electrons. The molecule has 3 heteroatoms. The van der Waals surface area contributed by atoms with Crippen LogP contribution >= 0.6 is 0 Å². The summed E-state index contributed by atoms with van der Waals surface area (Å²) in [5, 5.41) is 3.38. The van der Waals surface area contributed by atoms with Crippen LogP contribution in [-0.4, -0.2) is 36.0 Å². The smallest absolute Gasteiger partial charge is 0.239 e. The van der Waals surface area contributed by atoms with Crippen molar-refractivity contribution in [2.45, 2.75) is 65.0 Å². The van der Waals surface area contributed by atoms with E-state index in [2.05, 4.69) is 26.1 Å². The Bertz CT molecular complexity index is 210. The molecular weight excluding hydrogens is 200 g/mol. The van der Waals surface area contributed by atoms with Gasteiger partial charge >= 0.3 is 0 Å². The van der Waals surface area contributed by atoms with Gasteiger partial charge in [0.1, 0.15) is 0 Å². The van der Waals surface area contributed by atoms with E-state index in [1.807, 2.05) is 4.90 Å². The van der Waals surface area contributed by atoms with E-state index in [0.29, 0.717) is 11.9 Å². The molecule has 1 N–H and O–H groups in total. The molecule has 2 atom stereocenters. The zero-order valence-corrected chi connectivity index (χ0v) is 11.0. The third-order valence-corrected chi connectivity index (χ3v) is 3.61. The largest absolute Gasteiger partial charge is 0.339 e. The number of amides is 1. The van der Waals surface area contributed by atoms with Crippen LogP contribution in [0.25, 0.3) is 0 Å². The molecule has 2 unspecified atom stereocenters. The van der Waals surface area contributed by atoms with Crippen molar-refractivity contribution < 1.29 is 4.79 Å². The fourth-order valence-corrected chi connectivity index (χ4v) is 2.34. The second-order valence-corrected chi connectivity index (χ2v) is 4.74. The second-order valence-electron chi connectivity index (χ2n) is 4.74. The summed E-state index contributed by atoms with van der Waals surface area (Å²) in [6.07, 6.45) is 5.69. The predicted octanol–water partition coefficient (Wildman–Crippen LogP) is 2.17. The number of hydrogen-bond donors (Lipinski definition) is 1. The first-order valence-electron chi connectivity index (χ1n) is 6.74. The van der Waals surface area contributed by atoms with Gasteiger partial charge in [0.25, 0.3) is 0 Å². The Morgan fingerprint density at radius 1 is 1.38 bits per heavy atom. The Kier molecular flexibility index (Phi) is 5.81. The van der Waals surface area contributed by atoms with Gasteiger partial charge in [0, 0.05) is 12.6 Å². The van der Waals surface area contributed by atoms with Crippen molar-refractivity contribution in [3.05, 3.63) is 0 Å². The minimum Gasteiger partial charge on any atom is -0.339 e. The van der Waals surface area contributed by atoms with Crippen molar-refractivity contribution in [2.24, 2.45) is 0 Å². The molecule has 1 heterocycles. The molecule has 1 rings (SSSR count). The summed E-state index contributed by atoms with van der Waals surface area (Å²) in [7, 11) is 0. The predicted molar refractivity (Wildman–Crippen MR) is 67.4 cm³/mol. The topological polar surface area (TPSA) is 32.3 Å². The molecule has 1 aliphatic heterocycles. The molecule has 16 heavy (non-hydrogen) atoms. The maximum Gasteiger partial charge on any atom is 0.239 e. The second kappa shape index (κ2) is 6.89. The first-order chi connectivity index (χ1) is 7.70. The van der Waals surface area contributed by atoms with Gasteiger partial charge in [-0.1, -0.05) is 19.8 Å². The van der Waals surface area contributed by atoms with Crippen LogP contribution in [-0.2, 0) is 4.79 Å². The Balaban J connectivity index is 2.58. The molecule has 1 fully saturated rings. The number of hydrogen-bond acceptors (Lipinski definition) is 2. The van der Waals surface area contributed by atoms with Crippen LogP contribution in [0.2, 0.25) is 0 Å². The molecule has 1 saturated heterocycles. The summed E-state index contributed by atoms with van der Waals surface area (Å²) in [6, 6.07) is 0.430. The van der Waals surface area contributed by atoms with Crippen LogP contribution in [0.5, 0.6) is 0 Å². The molecule has 0 aromatic rings. The van der Waals surface area contributed by atoms with Crippen molar-refractivity contribution in [3.8, 4) is 0 Å². The molecule has 0 aliphatic carbocycles. The van der Waals surface area contributed by atoms with E-state index in [1.54, 1.807) is 0 Å². The molecule has 1 amide bonds. The third-order valence-electron chi connectivity index (χ3n) is 3.61. The Morgan fingerprint density at radius 3 is 2.75 bits per heavy atom. The highest BCUT2D eigenvalue weighted by atomic mass is 16.2. The highest BCUT2D eigenvalue weighted by Gasteiger charge is 2.26. The average molecular weight is 226 g/mol. The van der Waals surface area contributed by atoms with E-state index < -0.39 is 0 Å². The van der Waals surface area contributed by atoms with Crippen molar-refractivity contribution in [1.82, 2.24) is 10.2 Å². The number of carbonyl (C=O) groups is 1. The van der Waals surface area contributed by atoms with Gasteiger partial charge in [-0.05, 0) is 39.7 Å². The van der Waals surface area contributed by atoms with E-state index >= 15 is 0 Å².